The van der Waals surface area contributed by atoms with E-state index in [9.17, 15) is 9.59 Å². The second-order valence-corrected chi connectivity index (χ2v) is 5.40. The van der Waals surface area contributed by atoms with Crippen LogP contribution in [0.3, 0.4) is 0 Å². The summed E-state index contributed by atoms with van der Waals surface area (Å²) >= 11 is 12.2. The monoisotopic (exact) mass is 295 g/mol. The molecule has 2 rings (SSSR count). The predicted octanol–water partition coefficient (Wildman–Crippen LogP) is 0.355. The van der Waals surface area contributed by atoms with Crippen LogP contribution in [0.15, 0.2) is 0 Å². The Hall–Kier alpha value is -0.720. The Balaban J connectivity index is 2.06. The number of rotatable bonds is 5. The molecule has 4 amide bonds. The number of carbonyl (C=O) groups is 2. The van der Waals surface area contributed by atoms with Crippen LogP contribution in [-0.4, -0.2) is 72.1 Å². The number of carbonyl (C=O) groups excluding carboxylic acids is 2. The van der Waals surface area contributed by atoms with Crippen LogP contribution in [0.25, 0.3) is 0 Å². The van der Waals surface area contributed by atoms with Crippen molar-refractivity contribution < 1.29 is 14.1 Å². The number of halogens is 2. The van der Waals surface area contributed by atoms with Gasteiger partial charge in [-0.05, 0) is 0 Å². The minimum atomic E-state index is -0.463. The number of nitrogens with one attached hydrogen (secondary N) is 2. The Morgan fingerprint density at radius 3 is 2.61 bits per heavy atom. The van der Waals surface area contributed by atoms with E-state index >= 15 is 0 Å². The maximum Gasteiger partial charge on any atom is 0.418 e. The maximum absolute atomic E-state index is 12.0. The molecule has 2 aliphatic heterocycles. The topological polar surface area (TPSA) is 61.4 Å². The Morgan fingerprint density at radius 1 is 1.33 bits per heavy atom. The van der Waals surface area contributed by atoms with Gasteiger partial charge in [0.25, 0.3) is 0 Å². The quantitative estimate of drug-likeness (QED) is 0.437. The van der Waals surface area contributed by atoms with Crippen molar-refractivity contribution in [3.8, 4) is 0 Å². The zero-order chi connectivity index (χ0) is 13.2. The summed E-state index contributed by atoms with van der Waals surface area (Å²) in [5.74, 6) is 0.364. The molecule has 0 aromatic heterocycles. The molecule has 2 atom stereocenters. The van der Waals surface area contributed by atoms with Gasteiger partial charge in [0.15, 0.2) is 5.50 Å². The average molecular weight is 296 g/mol. The van der Waals surface area contributed by atoms with E-state index in [1.807, 2.05) is 0 Å². The van der Waals surface area contributed by atoms with Crippen molar-refractivity contribution in [1.29, 1.82) is 0 Å². The molecule has 2 fully saturated rings. The van der Waals surface area contributed by atoms with E-state index in [-0.39, 0.29) is 16.5 Å². The molecule has 0 aromatic carbocycles. The average Bonchev–Trinajstić information content (AvgIpc) is 2.89. The summed E-state index contributed by atoms with van der Waals surface area (Å²) in [6.07, 6.45) is 0. The summed E-state index contributed by atoms with van der Waals surface area (Å²) in [6.45, 7) is 3.32. The number of quaternary nitrogens is 1. The molecule has 102 valence electrons. The van der Waals surface area contributed by atoms with Crippen molar-refractivity contribution in [2.24, 2.45) is 0 Å². The molecule has 6 nitrogen and oxygen atoms in total. The molecule has 2 heterocycles. The van der Waals surface area contributed by atoms with Crippen LogP contribution in [0.4, 0.5) is 9.59 Å². The second-order valence-electron chi connectivity index (χ2n) is 4.51. The second kappa shape index (κ2) is 5.50. The SMILES string of the molecule is O=C1NCCN1CC(Cl)[N+]1(CCCl)CCNC1=O. The molecule has 0 bridgehead atoms. The minimum absolute atomic E-state index is 0.102. The molecule has 0 radical (unpaired) electrons. The highest BCUT2D eigenvalue weighted by molar-refractivity contribution is 6.20. The van der Waals surface area contributed by atoms with E-state index < -0.39 is 5.50 Å². The molecule has 8 heteroatoms. The summed E-state index contributed by atoms with van der Waals surface area (Å²) in [4.78, 5) is 25.1. The van der Waals surface area contributed by atoms with E-state index in [4.69, 9.17) is 23.2 Å². The number of hydrogen-bond donors (Lipinski definition) is 2. The highest BCUT2D eigenvalue weighted by Crippen LogP contribution is 2.23. The third kappa shape index (κ3) is 2.37. The van der Waals surface area contributed by atoms with Gasteiger partial charge in [-0.2, -0.15) is 0 Å². The normalized spacial score (nSPS) is 29.3. The van der Waals surface area contributed by atoms with Gasteiger partial charge in [-0.3, -0.25) is 5.32 Å². The molecular formula is C10H17Cl2N4O2+. The smallest absolute Gasteiger partial charge is 0.336 e. The molecule has 2 aliphatic rings. The number of urea groups is 2. The van der Waals surface area contributed by atoms with Gasteiger partial charge in [-0.1, -0.05) is 11.6 Å². The number of amides is 4. The third-order valence-corrected chi connectivity index (χ3v) is 4.21. The molecule has 2 N–H and O–H groups in total. The van der Waals surface area contributed by atoms with Crippen molar-refractivity contribution in [3.63, 3.8) is 0 Å². The molecule has 0 spiro atoms. The summed E-state index contributed by atoms with van der Waals surface area (Å²) in [5, 5.41) is 5.50. The summed E-state index contributed by atoms with van der Waals surface area (Å²) in [5.41, 5.74) is -0.463. The van der Waals surface area contributed by atoms with Crippen molar-refractivity contribution in [3.05, 3.63) is 0 Å². The third-order valence-electron chi connectivity index (χ3n) is 3.53. The van der Waals surface area contributed by atoms with Crippen molar-refractivity contribution in [2.45, 2.75) is 5.50 Å². The van der Waals surface area contributed by atoms with Gasteiger partial charge in [0.1, 0.15) is 13.1 Å². The first-order valence-electron chi connectivity index (χ1n) is 5.98. The Bertz CT molecular complexity index is 355. The molecule has 2 unspecified atom stereocenters. The van der Waals surface area contributed by atoms with E-state index in [1.165, 1.54) is 0 Å². The number of alkyl halides is 2. The maximum atomic E-state index is 12.0. The molecule has 0 aromatic rings. The van der Waals surface area contributed by atoms with Gasteiger partial charge >= 0.3 is 12.1 Å². The summed E-state index contributed by atoms with van der Waals surface area (Å²) < 4.78 is 0.106. The minimum Gasteiger partial charge on any atom is -0.336 e. The Morgan fingerprint density at radius 2 is 2.11 bits per heavy atom. The van der Waals surface area contributed by atoms with Crippen molar-refractivity contribution >= 4 is 35.3 Å². The van der Waals surface area contributed by atoms with Crippen LogP contribution in [0.2, 0.25) is 0 Å². The highest BCUT2D eigenvalue weighted by atomic mass is 35.5. The lowest BCUT2D eigenvalue weighted by molar-refractivity contribution is -0.849. The molecule has 0 aliphatic carbocycles. The van der Waals surface area contributed by atoms with Crippen LogP contribution in [0.1, 0.15) is 0 Å². The fourth-order valence-electron chi connectivity index (χ4n) is 2.42. The first kappa shape index (κ1) is 13.7. The van der Waals surface area contributed by atoms with Gasteiger partial charge in [-0.15, -0.1) is 11.6 Å². The number of nitrogens with zero attached hydrogens (tertiary/aromatic N) is 2. The lowest BCUT2D eigenvalue weighted by Crippen LogP contribution is -2.59. The van der Waals surface area contributed by atoms with Crippen molar-refractivity contribution in [2.75, 3.05) is 45.1 Å². The van der Waals surface area contributed by atoms with E-state index in [1.54, 1.807) is 4.90 Å². The molecule has 18 heavy (non-hydrogen) atoms. The fourth-order valence-corrected chi connectivity index (χ4v) is 3.17. The summed E-state index contributed by atoms with van der Waals surface area (Å²) in [6, 6.07) is -0.223. The largest absolute Gasteiger partial charge is 0.418 e. The van der Waals surface area contributed by atoms with Gasteiger partial charge in [0.2, 0.25) is 0 Å². The predicted molar refractivity (Wildman–Crippen MR) is 68.7 cm³/mol. The fraction of sp³-hybridized carbons (Fsp3) is 0.800. The zero-order valence-corrected chi connectivity index (χ0v) is 11.5. The molecule has 2 saturated heterocycles. The van der Waals surface area contributed by atoms with E-state index in [2.05, 4.69) is 10.6 Å². The highest BCUT2D eigenvalue weighted by Gasteiger charge is 2.48. The standard InChI is InChI=1S/C10H16Cl2N4O2/c11-1-5-16(6-3-14-10(16)18)8(12)7-15-4-2-13-9(15)17/h8H,1-7H2,(H-,13,14,17,18)/p+1. The van der Waals surface area contributed by atoms with Crippen LogP contribution in [-0.2, 0) is 0 Å². The van der Waals surface area contributed by atoms with Gasteiger partial charge in [0.05, 0.1) is 19.0 Å². The summed E-state index contributed by atoms with van der Waals surface area (Å²) in [7, 11) is 0. The molecular weight excluding hydrogens is 279 g/mol. The van der Waals surface area contributed by atoms with Crippen LogP contribution < -0.4 is 10.6 Å². The first-order chi connectivity index (χ1) is 8.60. The first-order valence-corrected chi connectivity index (χ1v) is 6.95. The Labute approximate surface area is 116 Å². The van der Waals surface area contributed by atoms with Gasteiger partial charge in [-0.25, -0.2) is 14.1 Å². The zero-order valence-electron chi connectivity index (χ0n) is 9.99. The van der Waals surface area contributed by atoms with Crippen LogP contribution in [0.5, 0.6) is 0 Å². The van der Waals surface area contributed by atoms with E-state index in [0.29, 0.717) is 45.1 Å². The van der Waals surface area contributed by atoms with Crippen molar-refractivity contribution in [1.82, 2.24) is 15.5 Å². The lowest BCUT2D eigenvalue weighted by Gasteiger charge is -2.35. The van der Waals surface area contributed by atoms with Gasteiger partial charge in [0, 0.05) is 13.1 Å². The Kier molecular flexibility index (Phi) is 4.19. The van der Waals surface area contributed by atoms with E-state index in [0.717, 1.165) is 0 Å². The number of hydrogen-bond acceptors (Lipinski definition) is 2. The van der Waals surface area contributed by atoms with Crippen LogP contribution >= 0.6 is 23.2 Å². The van der Waals surface area contributed by atoms with Gasteiger partial charge < -0.3 is 10.2 Å². The lowest BCUT2D eigenvalue weighted by atomic mass is 10.3. The molecule has 0 saturated carbocycles. The van der Waals surface area contributed by atoms with Crippen LogP contribution in [0, 0.1) is 0 Å².